The Morgan fingerprint density at radius 3 is 2.42 bits per heavy atom. The Kier molecular flexibility index (Phi) is 4.14. The van der Waals surface area contributed by atoms with Gasteiger partial charge < -0.3 is 4.74 Å². The van der Waals surface area contributed by atoms with E-state index in [4.69, 9.17) is 4.74 Å². The van der Waals surface area contributed by atoms with Crippen LogP contribution in [-0.4, -0.2) is 26.6 Å². The number of benzene rings is 1. The summed E-state index contributed by atoms with van der Waals surface area (Å²) in [6, 6.07) is 6.82. The van der Waals surface area contributed by atoms with E-state index >= 15 is 0 Å². The number of anilines is 1. The van der Waals surface area contributed by atoms with Gasteiger partial charge in [-0.25, -0.2) is 8.42 Å². The number of hydrogen-bond donors (Lipinski definition) is 1. The van der Waals surface area contributed by atoms with Crippen LogP contribution in [-0.2, 0) is 14.8 Å². The molecule has 0 aliphatic heterocycles. The summed E-state index contributed by atoms with van der Waals surface area (Å²) in [5.41, 5.74) is -0.500. The molecule has 0 amide bonds. The molecule has 0 heterocycles. The molecule has 132 valence electrons. The summed E-state index contributed by atoms with van der Waals surface area (Å²) in [5.74, 6) is 0.992. The number of hydrogen-bond acceptors (Lipinski definition) is 4. The lowest BCUT2D eigenvalue weighted by molar-refractivity contribution is -0.128. The van der Waals surface area contributed by atoms with Gasteiger partial charge in [0.1, 0.15) is 11.5 Å². The first-order valence-electron chi connectivity index (χ1n) is 8.47. The van der Waals surface area contributed by atoms with Crippen molar-refractivity contribution in [1.29, 1.82) is 0 Å². The quantitative estimate of drug-likeness (QED) is 0.854. The molecular weight excluding hydrogens is 326 g/mol. The predicted molar refractivity (Wildman–Crippen MR) is 93.6 cm³/mol. The number of carbonyl (C=O) groups excluding carboxylic acids is 1. The lowest BCUT2D eigenvalue weighted by Gasteiger charge is -2.36. The monoisotopic (exact) mass is 351 g/mol. The average molecular weight is 351 g/mol. The Labute approximate surface area is 143 Å². The molecule has 0 radical (unpaired) electrons. The van der Waals surface area contributed by atoms with Gasteiger partial charge in [-0.1, -0.05) is 13.8 Å². The fourth-order valence-electron chi connectivity index (χ4n) is 4.43. The number of ketones is 1. The minimum absolute atomic E-state index is 0.112. The summed E-state index contributed by atoms with van der Waals surface area (Å²) < 4.78 is 33.3. The van der Waals surface area contributed by atoms with E-state index < -0.39 is 15.4 Å². The number of sulfonamides is 1. The topological polar surface area (TPSA) is 72.5 Å². The van der Waals surface area contributed by atoms with Gasteiger partial charge in [-0.15, -0.1) is 0 Å². The van der Waals surface area contributed by atoms with Crippen LogP contribution in [0, 0.1) is 16.7 Å². The van der Waals surface area contributed by atoms with E-state index in [9.17, 15) is 13.2 Å². The van der Waals surface area contributed by atoms with E-state index in [1.54, 1.807) is 24.3 Å². The molecule has 1 N–H and O–H groups in total. The van der Waals surface area contributed by atoms with Gasteiger partial charge in [0.2, 0.25) is 10.0 Å². The van der Waals surface area contributed by atoms with Gasteiger partial charge >= 0.3 is 0 Å². The molecule has 5 nitrogen and oxygen atoms in total. The second kappa shape index (κ2) is 5.76. The highest BCUT2D eigenvalue weighted by molar-refractivity contribution is 7.92. The summed E-state index contributed by atoms with van der Waals surface area (Å²) in [6.45, 7) is 6.54. The molecule has 1 aromatic rings. The van der Waals surface area contributed by atoms with Crippen LogP contribution in [0.15, 0.2) is 24.3 Å². The second-order valence-electron chi connectivity index (χ2n) is 7.49. The summed E-state index contributed by atoms with van der Waals surface area (Å²) in [4.78, 5) is 12.5. The first-order valence-corrected chi connectivity index (χ1v) is 10.1. The maximum atomic E-state index is 12.7. The zero-order valence-corrected chi connectivity index (χ0v) is 15.3. The second-order valence-corrected chi connectivity index (χ2v) is 9.21. The number of Topliss-reactive ketones (excluding diaryl/α,β-unsaturated/α-hetero) is 1. The van der Waals surface area contributed by atoms with Crippen LogP contribution in [0.3, 0.4) is 0 Å². The van der Waals surface area contributed by atoms with Crippen molar-refractivity contribution >= 4 is 21.5 Å². The molecule has 2 atom stereocenters. The van der Waals surface area contributed by atoms with Gasteiger partial charge in [-0.3, -0.25) is 9.52 Å². The van der Waals surface area contributed by atoms with Crippen molar-refractivity contribution in [2.45, 2.75) is 40.0 Å². The first kappa shape index (κ1) is 17.3. The van der Waals surface area contributed by atoms with Crippen LogP contribution < -0.4 is 9.46 Å². The molecule has 24 heavy (non-hydrogen) atoms. The molecule has 0 aromatic heterocycles. The fourth-order valence-corrected chi connectivity index (χ4v) is 6.33. The Morgan fingerprint density at radius 1 is 1.25 bits per heavy atom. The summed E-state index contributed by atoms with van der Waals surface area (Å²) in [7, 11) is -3.60. The molecular formula is C18H25NO4S. The largest absolute Gasteiger partial charge is 0.494 e. The Morgan fingerprint density at radius 2 is 1.92 bits per heavy atom. The van der Waals surface area contributed by atoms with Crippen LogP contribution in [0.4, 0.5) is 5.69 Å². The molecule has 3 rings (SSSR count). The Bertz CT molecular complexity index is 739. The Hall–Kier alpha value is -1.56. The van der Waals surface area contributed by atoms with E-state index in [1.807, 2.05) is 20.8 Å². The van der Waals surface area contributed by atoms with Crippen molar-refractivity contribution in [3.05, 3.63) is 24.3 Å². The van der Waals surface area contributed by atoms with E-state index in [2.05, 4.69) is 4.72 Å². The Balaban J connectivity index is 1.78. The van der Waals surface area contributed by atoms with Gasteiger partial charge in [-0.05, 0) is 55.4 Å². The number of fused-ring (bicyclic) bond motifs is 2. The molecule has 0 saturated heterocycles. The van der Waals surface area contributed by atoms with Gasteiger partial charge in [0.05, 0.1) is 17.8 Å². The first-order chi connectivity index (χ1) is 11.2. The molecule has 2 saturated carbocycles. The third-order valence-electron chi connectivity index (χ3n) is 6.01. The molecule has 2 aliphatic carbocycles. The minimum Gasteiger partial charge on any atom is -0.494 e. The van der Waals surface area contributed by atoms with Crippen molar-refractivity contribution < 1.29 is 17.9 Å². The number of rotatable bonds is 6. The van der Waals surface area contributed by atoms with Gasteiger partial charge in [0.15, 0.2) is 0 Å². The third-order valence-corrected chi connectivity index (χ3v) is 7.43. The van der Waals surface area contributed by atoms with E-state index in [0.29, 0.717) is 36.8 Å². The maximum Gasteiger partial charge on any atom is 0.233 e. The number of ether oxygens (including phenoxy) is 1. The summed E-state index contributed by atoms with van der Waals surface area (Å²) in [6.07, 6.45) is 2.14. The molecule has 2 bridgehead atoms. The van der Waals surface area contributed by atoms with Gasteiger partial charge in [-0.2, -0.15) is 0 Å². The lowest BCUT2D eigenvalue weighted by atomic mass is 9.70. The van der Waals surface area contributed by atoms with Gasteiger partial charge in [0, 0.05) is 12.1 Å². The normalized spacial score (nSPS) is 28.1. The number of carbonyl (C=O) groups is 1. The highest BCUT2D eigenvalue weighted by atomic mass is 32.2. The lowest BCUT2D eigenvalue weighted by Crippen LogP contribution is -2.43. The third kappa shape index (κ3) is 2.70. The van der Waals surface area contributed by atoms with Crippen molar-refractivity contribution in [1.82, 2.24) is 0 Å². The minimum atomic E-state index is -3.60. The molecule has 1 aromatic carbocycles. The zero-order valence-electron chi connectivity index (χ0n) is 14.5. The number of nitrogens with one attached hydrogen (secondary N) is 1. The summed E-state index contributed by atoms with van der Waals surface area (Å²) in [5, 5.41) is 0. The fraction of sp³-hybridized carbons (Fsp3) is 0.611. The van der Waals surface area contributed by atoms with Crippen LogP contribution in [0.2, 0.25) is 0 Å². The van der Waals surface area contributed by atoms with Crippen molar-refractivity contribution in [3.63, 3.8) is 0 Å². The summed E-state index contributed by atoms with van der Waals surface area (Å²) >= 11 is 0. The van der Waals surface area contributed by atoms with E-state index in [-0.39, 0.29) is 17.0 Å². The average Bonchev–Trinajstić information content (AvgIpc) is 2.83. The van der Waals surface area contributed by atoms with Crippen LogP contribution in [0.25, 0.3) is 0 Å². The highest BCUT2D eigenvalue weighted by Gasteiger charge is 2.65. The standard InChI is InChI=1S/C18H25NO4S/c1-4-23-15-7-5-14(6-8-15)19-24(21,22)12-18-10-9-13(11-16(18)20)17(18,2)3/h5-8,13,19H,4,9-12H2,1-3H3/t13-,18-/m0/s1. The van der Waals surface area contributed by atoms with E-state index in [1.165, 1.54) is 0 Å². The molecule has 2 aliphatic rings. The predicted octanol–water partition coefficient (Wildman–Crippen LogP) is 3.22. The maximum absolute atomic E-state index is 12.7. The van der Waals surface area contributed by atoms with Crippen LogP contribution in [0.5, 0.6) is 5.75 Å². The van der Waals surface area contributed by atoms with E-state index in [0.717, 1.165) is 6.42 Å². The molecule has 0 unspecified atom stereocenters. The SMILES string of the molecule is CCOc1ccc(NS(=O)(=O)C[C@@]23CC[C@@H](CC2=O)C3(C)C)cc1. The molecule has 6 heteroatoms. The molecule has 0 spiro atoms. The molecule has 2 fully saturated rings. The van der Waals surface area contributed by atoms with Crippen molar-refractivity contribution in [3.8, 4) is 5.75 Å². The van der Waals surface area contributed by atoms with Crippen molar-refractivity contribution in [2.75, 3.05) is 17.1 Å². The zero-order chi connectivity index (χ0) is 17.6. The van der Waals surface area contributed by atoms with Crippen LogP contribution >= 0.6 is 0 Å². The smallest absolute Gasteiger partial charge is 0.233 e. The van der Waals surface area contributed by atoms with Gasteiger partial charge in [0.25, 0.3) is 0 Å². The van der Waals surface area contributed by atoms with Crippen LogP contribution in [0.1, 0.15) is 40.0 Å². The highest BCUT2D eigenvalue weighted by Crippen LogP contribution is 2.64. The van der Waals surface area contributed by atoms with Crippen molar-refractivity contribution in [2.24, 2.45) is 16.7 Å².